The van der Waals surface area contributed by atoms with Gasteiger partial charge < -0.3 is 5.32 Å². The van der Waals surface area contributed by atoms with Gasteiger partial charge in [-0.15, -0.1) is 11.3 Å². The van der Waals surface area contributed by atoms with Crippen molar-refractivity contribution in [2.24, 2.45) is 0 Å². The minimum Gasteiger partial charge on any atom is -0.343 e. The second-order valence-electron chi connectivity index (χ2n) is 4.47. The van der Waals surface area contributed by atoms with E-state index in [0.717, 1.165) is 15.8 Å². The van der Waals surface area contributed by atoms with Gasteiger partial charge in [-0.25, -0.2) is 0 Å². The average molecular weight is 401 g/mol. The summed E-state index contributed by atoms with van der Waals surface area (Å²) in [5.41, 5.74) is 2.52. The normalized spacial score (nSPS) is 21.2. The maximum Gasteiger partial charge on any atom is 0.263 e. The Balaban J connectivity index is 1.84. The van der Waals surface area contributed by atoms with Crippen molar-refractivity contribution in [3.63, 3.8) is 0 Å². The van der Waals surface area contributed by atoms with Crippen molar-refractivity contribution in [1.82, 2.24) is 5.32 Å². The van der Waals surface area contributed by atoms with Crippen molar-refractivity contribution in [2.45, 2.75) is 17.3 Å². The number of carbonyl (C=O) groups excluding carboxylic acids is 1. The summed E-state index contributed by atoms with van der Waals surface area (Å²) in [6.45, 7) is 0. The van der Waals surface area contributed by atoms with Crippen LogP contribution >= 0.6 is 43.2 Å². The number of thiophene rings is 1. The fourth-order valence-corrected chi connectivity index (χ4v) is 4.60. The largest absolute Gasteiger partial charge is 0.343 e. The lowest BCUT2D eigenvalue weighted by molar-refractivity contribution is 0.0941. The maximum atomic E-state index is 12.3. The molecule has 0 saturated carbocycles. The summed E-state index contributed by atoms with van der Waals surface area (Å²) in [5.74, 6) is -0.0203. The predicted molar refractivity (Wildman–Crippen MR) is 85.1 cm³/mol. The fourth-order valence-electron chi connectivity index (χ4n) is 2.38. The van der Waals surface area contributed by atoms with Crippen molar-refractivity contribution in [3.05, 3.63) is 56.2 Å². The first-order valence-electron chi connectivity index (χ1n) is 5.92. The Kier molecular flexibility index (Phi) is 3.78. The molecule has 1 aliphatic rings. The highest BCUT2D eigenvalue weighted by Crippen LogP contribution is 2.36. The molecule has 0 fully saturated rings. The Morgan fingerprint density at radius 2 is 2.11 bits per heavy atom. The van der Waals surface area contributed by atoms with Crippen LogP contribution in [-0.4, -0.2) is 10.7 Å². The van der Waals surface area contributed by atoms with Crippen LogP contribution in [-0.2, 0) is 6.42 Å². The van der Waals surface area contributed by atoms with Crippen molar-refractivity contribution >= 4 is 49.1 Å². The van der Waals surface area contributed by atoms with Gasteiger partial charge in [-0.2, -0.15) is 0 Å². The molecular weight excluding hydrogens is 390 g/mol. The van der Waals surface area contributed by atoms with Crippen LogP contribution in [0.1, 0.15) is 26.8 Å². The summed E-state index contributed by atoms with van der Waals surface area (Å²) in [7, 11) is 0. The van der Waals surface area contributed by atoms with Crippen LogP contribution in [0, 0.1) is 0 Å². The molecule has 1 amide bonds. The molecule has 5 heteroatoms. The van der Waals surface area contributed by atoms with Gasteiger partial charge in [-0.05, 0) is 44.9 Å². The van der Waals surface area contributed by atoms with Crippen LogP contribution in [0.2, 0.25) is 0 Å². The third-order valence-electron chi connectivity index (χ3n) is 3.28. The molecule has 0 radical (unpaired) electrons. The molecule has 2 aromatic rings. The molecule has 1 N–H and O–H groups in total. The van der Waals surface area contributed by atoms with Crippen molar-refractivity contribution in [1.29, 1.82) is 0 Å². The maximum absolute atomic E-state index is 12.3. The number of nitrogens with one attached hydrogen (secondary N) is 1. The molecule has 0 spiro atoms. The molecule has 2 atom stereocenters. The Morgan fingerprint density at radius 3 is 2.84 bits per heavy atom. The van der Waals surface area contributed by atoms with Gasteiger partial charge in [0.05, 0.1) is 6.04 Å². The molecule has 2 unspecified atom stereocenters. The Labute approximate surface area is 132 Å². The Bertz CT molecular complexity index is 625. The molecule has 0 aliphatic heterocycles. The summed E-state index contributed by atoms with van der Waals surface area (Å²) >= 11 is 8.52. The number of alkyl halides is 1. The predicted octanol–water partition coefficient (Wildman–Crippen LogP) is 4.30. The topological polar surface area (TPSA) is 29.1 Å². The second kappa shape index (κ2) is 5.38. The van der Waals surface area contributed by atoms with E-state index < -0.39 is 0 Å². The van der Waals surface area contributed by atoms with E-state index in [1.807, 2.05) is 23.6 Å². The van der Waals surface area contributed by atoms with Gasteiger partial charge in [0.1, 0.15) is 4.88 Å². The number of amides is 1. The quantitative estimate of drug-likeness (QED) is 0.748. The molecule has 19 heavy (non-hydrogen) atoms. The second-order valence-corrected chi connectivity index (χ2v) is 7.41. The van der Waals surface area contributed by atoms with Crippen LogP contribution in [0.3, 0.4) is 0 Å². The SMILES string of the molecule is O=C(NC1c2ccccc2CC1Br)c1sccc1Br. The van der Waals surface area contributed by atoms with Crippen LogP contribution in [0.4, 0.5) is 0 Å². The first kappa shape index (κ1) is 13.3. The lowest BCUT2D eigenvalue weighted by Gasteiger charge is -2.17. The van der Waals surface area contributed by atoms with E-state index in [1.54, 1.807) is 0 Å². The smallest absolute Gasteiger partial charge is 0.263 e. The van der Waals surface area contributed by atoms with Crippen molar-refractivity contribution in [2.75, 3.05) is 0 Å². The number of rotatable bonds is 2. The molecule has 0 saturated heterocycles. The Hall–Kier alpha value is -0.650. The molecule has 1 aromatic heterocycles. The number of hydrogen-bond donors (Lipinski definition) is 1. The van der Waals surface area contributed by atoms with Crippen LogP contribution in [0.25, 0.3) is 0 Å². The van der Waals surface area contributed by atoms with Gasteiger partial charge >= 0.3 is 0 Å². The van der Waals surface area contributed by atoms with Gasteiger partial charge in [0.15, 0.2) is 0 Å². The first-order chi connectivity index (χ1) is 9.16. The van der Waals surface area contributed by atoms with E-state index in [1.165, 1.54) is 22.5 Å². The number of benzene rings is 1. The highest BCUT2D eigenvalue weighted by Gasteiger charge is 2.32. The molecule has 3 rings (SSSR count). The molecule has 1 aliphatic carbocycles. The zero-order chi connectivity index (χ0) is 13.4. The lowest BCUT2D eigenvalue weighted by atomic mass is 10.1. The summed E-state index contributed by atoms with van der Waals surface area (Å²) in [6.07, 6.45) is 0.951. The molecule has 1 heterocycles. The zero-order valence-corrected chi connectivity index (χ0v) is 13.9. The third-order valence-corrected chi connectivity index (χ3v) is 5.97. The average Bonchev–Trinajstić information content (AvgIpc) is 2.94. The molecule has 0 bridgehead atoms. The summed E-state index contributed by atoms with van der Waals surface area (Å²) in [6, 6.07) is 10.2. The van der Waals surface area contributed by atoms with Gasteiger partial charge in [-0.1, -0.05) is 40.2 Å². The van der Waals surface area contributed by atoms with Crippen LogP contribution in [0.15, 0.2) is 40.2 Å². The number of hydrogen-bond acceptors (Lipinski definition) is 2. The van der Waals surface area contributed by atoms with E-state index in [2.05, 4.69) is 49.3 Å². The molecule has 1 aromatic carbocycles. The van der Waals surface area contributed by atoms with Gasteiger partial charge in [-0.3, -0.25) is 4.79 Å². The van der Waals surface area contributed by atoms with Crippen LogP contribution in [0.5, 0.6) is 0 Å². The van der Waals surface area contributed by atoms with Gasteiger partial charge in [0.25, 0.3) is 5.91 Å². The molecule has 98 valence electrons. The highest BCUT2D eigenvalue weighted by molar-refractivity contribution is 9.10. The minimum absolute atomic E-state index is 0.0203. The van der Waals surface area contributed by atoms with Crippen molar-refractivity contribution < 1.29 is 4.79 Å². The van der Waals surface area contributed by atoms with Crippen LogP contribution < -0.4 is 5.32 Å². The van der Waals surface area contributed by atoms with Crippen molar-refractivity contribution in [3.8, 4) is 0 Å². The molecular formula is C14H11Br2NOS. The Morgan fingerprint density at radius 1 is 1.32 bits per heavy atom. The summed E-state index contributed by atoms with van der Waals surface area (Å²) in [4.78, 5) is 13.3. The summed E-state index contributed by atoms with van der Waals surface area (Å²) in [5, 5.41) is 5.03. The van der Waals surface area contributed by atoms with Gasteiger partial charge in [0.2, 0.25) is 0 Å². The van der Waals surface area contributed by atoms with Gasteiger partial charge in [0, 0.05) is 9.30 Å². The number of halogens is 2. The highest BCUT2D eigenvalue weighted by atomic mass is 79.9. The van der Waals surface area contributed by atoms with E-state index in [-0.39, 0.29) is 16.8 Å². The number of fused-ring (bicyclic) bond motifs is 1. The monoisotopic (exact) mass is 399 g/mol. The summed E-state index contributed by atoms with van der Waals surface area (Å²) < 4.78 is 0.854. The third kappa shape index (κ3) is 2.51. The zero-order valence-electron chi connectivity index (χ0n) is 9.90. The van der Waals surface area contributed by atoms with E-state index in [4.69, 9.17) is 0 Å². The first-order valence-corrected chi connectivity index (χ1v) is 8.51. The van der Waals surface area contributed by atoms with E-state index in [9.17, 15) is 4.79 Å². The van der Waals surface area contributed by atoms with E-state index >= 15 is 0 Å². The van der Waals surface area contributed by atoms with E-state index in [0.29, 0.717) is 0 Å². The number of carbonyl (C=O) groups is 1. The lowest BCUT2D eigenvalue weighted by Crippen LogP contribution is -2.31. The molecule has 2 nitrogen and oxygen atoms in total. The minimum atomic E-state index is -0.0203. The fraction of sp³-hybridized carbons (Fsp3) is 0.214. The standard InChI is InChI=1S/C14H11Br2NOS/c15-10-5-6-19-13(10)14(18)17-12-9-4-2-1-3-8(9)7-11(12)16/h1-6,11-12H,7H2,(H,17,18).